The Labute approximate surface area is 137 Å². The van der Waals surface area contributed by atoms with Crippen LogP contribution < -0.4 is 0 Å². The molecule has 1 aliphatic heterocycles. The first-order valence-corrected chi connectivity index (χ1v) is 8.56. The van der Waals surface area contributed by atoms with E-state index < -0.39 is 0 Å². The minimum Gasteiger partial charge on any atom is -0.320 e. The number of para-hydroxylation sites is 2. The number of nitrogens with zero attached hydrogens (tertiary/aromatic N) is 4. The van der Waals surface area contributed by atoms with Gasteiger partial charge < -0.3 is 14.0 Å². The van der Waals surface area contributed by atoms with Gasteiger partial charge in [-0.3, -0.25) is 4.90 Å². The molecule has 2 heterocycles. The van der Waals surface area contributed by atoms with Crippen molar-refractivity contribution < 1.29 is 0 Å². The van der Waals surface area contributed by atoms with Crippen molar-refractivity contribution in [2.45, 2.75) is 20.5 Å². The molecule has 0 unspecified atom stereocenters. The van der Waals surface area contributed by atoms with Crippen molar-refractivity contribution in [2.24, 2.45) is 13.0 Å². The molecule has 1 saturated heterocycles. The molecule has 0 amide bonds. The van der Waals surface area contributed by atoms with Crippen LogP contribution in [0.1, 0.15) is 13.8 Å². The Morgan fingerprint density at radius 1 is 1.00 bits per heavy atom. The van der Waals surface area contributed by atoms with Crippen molar-refractivity contribution in [3.05, 3.63) is 29.0 Å². The summed E-state index contributed by atoms with van der Waals surface area (Å²) in [5.41, 5.74) is 2.45. The number of piperazine rings is 1. The number of aryl methyl sites for hydroxylation is 1. The van der Waals surface area contributed by atoms with Crippen LogP contribution in [0.15, 0.2) is 24.3 Å². The summed E-state index contributed by atoms with van der Waals surface area (Å²) in [4.78, 5) is 5.09. The van der Waals surface area contributed by atoms with Crippen LogP contribution in [0.5, 0.6) is 0 Å². The molecule has 0 saturated carbocycles. The fourth-order valence-electron chi connectivity index (χ4n) is 3.33. The Hall–Kier alpha value is -1.17. The van der Waals surface area contributed by atoms with Gasteiger partial charge in [0.25, 0.3) is 0 Å². The minimum absolute atomic E-state index is 0.748. The first-order valence-electron chi connectivity index (χ1n) is 8.15. The molecular formula is C17H26N4S. The van der Waals surface area contributed by atoms with Crippen molar-refractivity contribution in [1.29, 1.82) is 0 Å². The van der Waals surface area contributed by atoms with E-state index in [0.29, 0.717) is 0 Å². The molecule has 2 aromatic rings. The number of rotatable bonds is 4. The van der Waals surface area contributed by atoms with Gasteiger partial charge in [0.1, 0.15) is 0 Å². The fraction of sp³-hybridized carbons (Fsp3) is 0.588. The van der Waals surface area contributed by atoms with E-state index >= 15 is 0 Å². The van der Waals surface area contributed by atoms with Crippen LogP contribution in [0, 0.1) is 10.7 Å². The van der Waals surface area contributed by atoms with Crippen molar-refractivity contribution in [2.75, 3.05) is 32.7 Å². The summed E-state index contributed by atoms with van der Waals surface area (Å²) in [5.74, 6) is 0.748. The third kappa shape index (κ3) is 3.12. The zero-order valence-corrected chi connectivity index (χ0v) is 14.6. The maximum absolute atomic E-state index is 5.63. The van der Waals surface area contributed by atoms with Crippen LogP contribution in [-0.4, -0.2) is 51.7 Å². The number of fused-ring (bicyclic) bond motifs is 1. The highest BCUT2D eigenvalue weighted by molar-refractivity contribution is 7.71. The smallest absolute Gasteiger partial charge is 0.181 e. The van der Waals surface area contributed by atoms with Gasteiger partial charge in [0, 0.05) is 39.8 Å². The molecule has 0 spiro atoms. The van der Waals surface area contributed by atoms with E-state index in [-0.39, 0.29) is 0 Å². The summed E-state index contributed by atoms with van der Waals surface area (Å²) >= 11 is 5.63. The van der Waals surface area contributed by atoms with E-state index in [1.54, 1.807) is 0 Å². The average Bonchev–Trinajstić information content (AvgIpc) is 2.74. The van der Waals surface area contributed by atoms with Crippen LogP contribution in [-0.2, 0) is 13.7 Å². The number of benzene rings is 1. The maximum Gasteiger partial charge on any atom is 0.181 e. The van der Waals surface area contributed by atoms with Crippen molar-refractivity contribution in [1.82, 2.24) is 18.9 Å². The van der Waals surface area contributed by atoms with Crippen molar-refractivity contribution in [3.8, 4) is 0 Å². The van der Waals surface area contributed by atoms with Gasteiger partial charge in [0.2, 0.25) is 0 Å². The second-order valence-corrected chi connectivity index (χ2v) is 7.08. The third-order valence-electron chi connectivity index (χ3n) is 4.48. The molecule has 0 atom stereocenters. The molecule has 0 N–H and O–H groups in total. The standard InChI is InChI=1S/C17H26N4S/c1-14(2)12-19-8-10-20(11-9-19)13-21-16-7-5-4-6-15(16)18(3)17(21)22/h4-7,14H,8-13H2,1-3H3. The topological polar surface area (TPSA) is 16.3 Å². The van der Waals surface area contributed by atoms with Crippen molar-refractivity contribution in [3.63, 3.8) is 0 Å². The summed E-state index contributed by atoms with van der Waals surface area (Å²) in [6.07, 6.45) is 0. The molecule has 0 radical (unpaired) electrons. The molecule has 1 aromatic heterocycles. The molecule has 120 valence electrons. The lowest BCUT2D eigenvalue weighted by atomic mass is 10.2. The Morgan fingerprint density at radius 2 is 1.59 bits per heavy atom. The van der Waals surface area contributed by atoms with Gasteiger partial charge >= 0.3 is 0 Å². The SMILES string of the molecule is CC(C)CN1CCN(Cn2c(=S)n(C)c3ccccc32)CC1. The molecule has 4 nitrogen and oxygen atoms in total. The molecule has 1 aliphatic rings. The van der Waals surface area contributed by atoms with E-state index in [1.165, 1.54) is 17.6 Å². The van der Waals surface area contributed by atoms with Crippen LogP contribution in [0.4, 0.5) is 0 Å². The minimum atomic E-state index is 0.748. The average molecular weight is 318 g/mol. The van der Waals surface area contributed by atoms with E-state index in [0.717, 1.165) is 43.5 Å². The quantitative estimate of drug-likeness (QED) is 0.807. The third-order valence-corrected chi connectivity index (χ3v) is 4.98. The lowest BCUT2D eigenvalue weighted by Crippen LogP contribution is -2.47. The first kappa shape index (κ1) is 15.7. The van der Waals surface area contributed by atoms with E-state index in [4.69, 9.17) is 12.2 Å². The monoisotopic (exact) mass is 318 g/mol. The van der Waals surface area contributed by atoms with Gasteiger partial charge in [-0.2, -0.15) is 0 Å². The molecule has 0 aliphatic carbocycles. The summed E-state index contributed by atoms with van der Waals surface area (Å²) in [6, 6.07) is 8.47. The molecule has 0 bridgehead atoms. The largest absolute Gasteiger partial charge is 0.320 e. The predicted octanol–water partition coefficient (Wildman–Crippen LogP) is 2.94. The highest BCUT2D eigenvalue weighted by Gasteiger charge is 2.18. The van der Waals surface area contributed by atoms with Gasteiger partial charge in [-0.1, -0.05) is 26.0 Å². The summed E-state index contributed by atoms with van der Waals surface area (Å²) < 4.78 is 5.29. The van der Waals surface area contributed by atoms with Crippen LogP contribution in [0.3, 0.4) is 0 Å². The van der Waals surface area contributed by atoms with Crippen molar-refractivity contribution >= 4 is 23.3 Å². The van der Waals surface area contributed by atoms with Gasteiger partial charge in [-0.15, -0.1) is 0 Å². The zero-order chi connectivity index (χ0) is 15.7. The van der Waals surface area contributed by atoms with E-state index in [1.807, 2.05) is 0 Å². The van der Waals surface area contributed by atoms with Gasteiger partial charge in [-0.05, 0) is 30.3 Å². The van der Waals surface area contributed by atoms with Crippen LogP contribution >= 0.6 is 12.2 Å². The normalized spacial score (nSPS) is 17.6. The predicted molar refractivity (Wildman–Crippen MR) is 94.6 cm³/mol. The molecule has 5 heteroatoms. The van der Waals surface area contributed by atoms with Gasteiger partial charge in [-0.25, -0.2) is 0 Å². The highest BCUT2D eigenvalue weighted by Crippen LogP contribution is 2.17. The van der Waals surface area contributed by atoms with Gasteiger partial charge in [0.05, 0.1) is 17.7 Å². The fourth-order valence-corrected chi connectivity index (χ4v) is 3.58. The van der Waals surface area contributed by atoms with Crippen LogP contribution in [0.25, 0.3) is 11.0 Å². The van der Waals surface area contributed by atoms with Gasteiger partial charge in [0.15, 0.2) is 4.77 Å². The lowest BCUT2D eigenvalue weighted by molar-refractivity contribution is 0.100. The maximum atomic E-state index is 5.63. The number of hydrogen-bond donors (Lipinski definition) is 0. The summed E-state index contributed by atoms with van der Waals surface area (Å²) in [6.45, 7) is 11.3. The highest BCUT2D eigenvalue weighted by atomic mass is 32.1. The first-order chi connectivity index (χ1) is 10.6. The summed E-state index contributed by atoms with van der Waals surface area (Å²) in [5, 5.41) is 0. The molecule has 1 fully saturated rings. The molecule has 22 heavy (non-hydrogen) atoms. The zero-order valence-electron chi connectivity index (χ0n) is 13.8. The Morgan fingerprint density at radius 3 is 2.23 bits per heavy atom. The summed E-state index contributed by atoms with van der Waals surface area (Å²) in [7, 11) is 2.06. The Kier molecular flexibility index (Phi) is 4.66. The second-order valence-electron chi connectivity index (χ2n) is 6.71. The molecule has 3 rings (SSSR count). The number of imidazole rings is 1. The molecule has 1 aromatic carbocycles. The van der Waals surface area contributed by atoms with E-state index in [9.17, 15) is 0 Å². The van der Waals surface area contributed by atoms with Crippen LogP contribution in [0.2, 0.25) is 0 Å². The Balaban J connectivity index is 1.73. The number of hydrogen-bond acceptors (Lipinski definition) is 3. The lowest BCUT2D eigenvalue weighted by Gasteiger charge is -2.35. The second kappa shape index (κ2) is 6.52. The number of aromatic nitrogens is 2. The Bertz CT molecular complexity index is 692. The van der Waals surface area contributed by atoms with E-state index in [2.05, 4.69) is 64.1 Å². The molecular weight excluding hydrogens is 292 g/mol.